The summed E-state index contributed by atoms with van der Waals surface area (Å²) in [6, 6.07) is 2.96. The summed E-state index contributed by atoms with van der Waals surface area (Å²) in [5.74, 6) is 0. The molecule has 2 amide bonds. The molecule has 1 aromatic rings. The highest BCUT2D eigenvalue weighted by molar-refractivity contribution is 6.32. The third-order valence-corrected chi connectivity index (χ3v) is 3.80. The predicted octanol–water partition coefficient (Wildman–Crippen LogP) is 1.31. The van der Waals surface area contributed by atoms with Gasteiger partial charge in [0.1, 0.15) is 0 Å². The van der Waals surface area contributed by atoms with Crippen LogP contribution in [-0.4, -0.2) is 53.3 Å². The van der Waals surface area contributed by atoms with E-state index in [9.17, 15) is 9.90 Å². The molecule has 0 atom stereocenters. The number of hydrogen-bond donors (Lipinski definition) is 3. The average Bonchev–Trinajstić information content (AvgIpc) is 2.43. The van der Waals surface area contributed by atoms with Crippen molar-refractivity contribution in [1.29, 1.82) is 0 Å². The molecule has 1 saturated heterocycles. The van der Waals surface area contributed by atoms with Crippen LogP contribution in [-0.2, 0) is 0 Å². The normalized spacial score (nSPS) is 18.6. The van der Waals surface area contributed by atoms with Crippen LogP contribution in [0.5, 0.6) is 0 Å². The van der Waals surface area contributed by atoms with Crippen LogP contribution in [0, 0.1) is 0 Å². The number of halogens is 1. The molecule has 0 spiro atoms. The quantitative estimate of drug-likeness (QED) is 0.735. The highest BCUT2D eigenvalue weighted by atomic mass is 35.5. The van der Waals surface area contributed by atoms with Gasteiger partial charge in [-0.3, -0.25) is 0 Å². The van der Waals surface area contributed by atoms with Gasteiger partial charge in [0.25, 0.3) is 0 Å². The maximum absolute atomic E-state index is 11.8. The number of pyridine rings is 1. The van der Waals surface area contributed by atoms with E-state index in [1.54, 1.807) is 18.3 Å². The van der Waals surface area contributed by atoms with E-state index in [0.29, 0.717) is 18.5 Å². The Bertz CT molecular complexity index is 475. The number of hydrogen-bond acceptors (Lipinski definition) is 4. The third-order valence-electron chi connectivity index (χ3n) is 3.50. The lowest BCUT2D eigenvalue weighted by Gasteiger charge is -2.36. The van der Waals surface area contributed by atoms with Crippen LogP contribution >= 0.6 is 11.6 Å². The number of rotatable bonds is 3. The number of piperidine rings is 1. The average molecular weight is 299 g/mol. The zero-order valence-electron chi connectivity index (χ0n) is 11.4. The first-order valence-electron chi connectivity index (χ1n) is 6.55. The Hall–Kier alpha value is -1.37. The molecule has 0 saturated carbocycles. The Kier molecular flexibility index (Phi) is 4.80. The highest BCUT2D eigenvalue weighted by Crippen LogP contribution is 2.21. The largest absolute Gasteiger partial charge is 0.388 e. The highest BCUT2D eigenvalue weighted by Gasteiger charge is 2.31. The zero-order valence-corrected chi connectivity index (χ0v) is 12.2. The Labute approximate surface area is 123 Å². The van der Waals surface area contributed by atoms with Gasteiger partial charge in [-0.2, -0.15) is 0 Å². The second-order valence-corrected chi connectivity index (χ2v) is 5.54. The third kappa shape index (κ3) is 4.06. The SMILES string of the molecule is CN1CCC(O)(CNC(=O)Nc2cccnc2Cl)CC1. The fraction of sp³-hybridized carbons (Fsp3) is 0.538. The minimum absolute atomic E-state index is 0.227. The summed E-state index contributed by atoms with van der Waals surface area (Å²) in [4.78, 5) is 17.8. The first-order chi connectivity index (χ1) is 9.48. The van der Waals surface area contributed by atoms with Crippen molar-refractivity contribution in [3.63, 3.8) is 0 Å². The first kappa shape index (κ1) is 15.0. The number of carbonyl (C=O) groups is 1. The molecular weight excluding hydrogens is 280 g/mol. The number of amides is 2. The molecule has 1 fully saturated rings. The molecule has 1 aliphatic heterocycles. The maximum Gasteiger partial charge on any atom is 0.319 e. The smallest absolute Gasteiger partial charge is 0.319 e. The van der Waals surface area contributed by atoms with Crippen molar-refractivity contribution >= 4 is 23.3 Å². The number of anilines is 1. The van der Waals surface area contributed by atoms with Gasteiger partial charge in [-0.05, 0) is 32.0 Å². The molecule has 2 heterocycles. The van der Waals surface area contributed by atoms with Crippen molar-refractivity contribution < 1.29 is 9.90 Å². The fourth-order valence-electron chi connectivity index (χ4n) is 2.10. The second kappa shape index (κ2) is 6.39. The van der Waals surface area contributed by atoms with Crippen molar-refractivity contribution in [3.8, 4) is 0 Å². The van der Waals surface area contributed by atoms with Crippen LogP contribution in [0.15, 0.2) is 18.3 Å². The Balaban J connectivity index is 1.82. The lowest BCUT2D eigenvalue weighted by Crippen LogP contribution is -2.50. The minimum Gasteiger partial charge on any atom is -0.388 e. The molecule has 6 nitrogen and oxygen atoms in total. The van der Waals surface area contributed by atoms with E-state index in [2.05, 4.69) is 20.5 Å². The van der Waals surface area contributed by atoms with E-state index in [4.69, 9.17) is 11.6 Å². The number of nitrogens with one attached hydrogen (secondary N) is 2. The summed E-state index contributed by atoms with van der Waals surface area (Å²) in [6.07, 6.45) is 2.85. The van der Waals surface area contributed by atoms with E-state index in [1.807, 2.05) is 7.05 Å². The monoisotopic (exact) mass is 298 g/mol. The molecule has 20 heavy (non-hydrogen) atoms. The lowest BCUT2D eigenvalue weighted by atomic mass is 9.92. The van der Waals surface area contributed by atoms with Crippen LogP contribution in [0.25, 0.3) is 0 Å². The molecule has 1 aromatic heterocycles. The number of likely N-dealkylation sites (tertiary alicyclic amines) is 1. The van der Waals surface area contributed by atoms with E-state index >= 15 is 0 Å². The molecular formula is C13H19ClN4O2. The Morgan fingerprint density at radius 1 is 1.55 bits per heavy atom. The van der Waals surface area contributed by atoms with Gasteiger partial charge in [-0.1, -0.05) is 11.6 Å². The van der Waals surface area contributed by atoms with Gasteiger partial charge in [0.2, 0.25) is 0 Å². The number of urea groups is 1. The van der Waals surface area contributed by atoms with Crippen molar-refractivity contribution in [2.75, 3.05) is 32.0 Å². The van der Waals surface area contributed by atoms with Crippen LogP contribution in [0.1, 0.15) is 12.8 Å². The fourth-order valence-corrected chi connectivity index (χ4v) is 2.27. The van der Waals surface area contributed by atoms with E-state index < -0.39 is 11.6 Å². The van der Waals surface area contributed by atoms with Gasteiger partial charge in [0.15, 0.2) is 5.15 Å². The number of aromatic nitrogens is 1. The molecule has 1 aliphatic rings. The van der Waals surface area contributed by atoms with E-state index in [0.717, 1.165) is 13.1 Å². The van der Waals surface area contributed by atoms with Gasteiger partial charge in [-0.15, -0.1) is 0 Å². The molecule has 0 aliphatic carbocycles. The zero-order chi connectivity index (χ0) is 14.6. The molecule has 0 bridgehead atoms. The van der Waals surface area contributed by atoms with Crippen LogP contribution in [0.3, 0.4) is 0 Å². The summed E-state index contributed by atoms with van der Waals surface area (Å²) in [7, 11) is 2.02. The van der Waals surface area contributed by atoms with Crippen molar-refractivity contribution in [2.24, 2.45) is 0 Å². The van der Waals surface area contributed by atoms with Gasteiger partial charge < -0.3 is 20.6 Å². The lowest BCUT2D eigenvalue weighted by molar-refractivity contribution is -0.0120. The molecule has 0 radical (unpaired) electrons. The standard InChI is InChI=1S/C13H19ClN4O2/c1-18-7-4-13(20,5-8-18)9-16-12(19)17-10-3-2-6-15-11(10)14/h2-3,6,20H,4-5,7-9H2,1H3,(H2,16,17,19). The molecule has 0 aromatic carbocycles. The summed E-state index contributed by atoms with van der Waals surface area (Å²) < 4.78 is 0. The molecule has 0 unspecified atom stereocenters. The second-order valence-electron chi connectivity index (χ2n) is 5.18. The summed E-state index contributed by atoms with van der Waals surface area (Å²) in [5, 5.41) is 15.9. The molecule has 3 N–H and O–H groups in total. The predicted molar refractivity (Wildman–Crippen MR) is 77.9 cm³/mol. The summed E-state index contributed by atoms with van der Waals surface area (Å²) in [6.45, 7) is 1.88. The van der Waals surface area contributed by atoms with E-state index in [-0.39, 0.29) is 11.7 Å². The van der Waals surface area contributed by atoms with Crippen LogP contribution in [0.4, 0.5) is 10.5 Å². The van der Waals surface area contributed by atoms with Crippen molar-refractivity contribution in [2.45, 2.75) is 18.4 Å². The maximum atomic E-state index is 11.8. The van der Waals surface area contributed by atoms with Gasteiger partial charge in [0, 0.05) is 25.8 Å². The van der Waals surface area contributed by atoms with E-state index in [1.165, 1.54) is 0 Å². The topological polar surface area (TPSA) is 77.5 Å². The van der Waals surface area contributed by atoms with Crippen molar-refractivity contribution in [3.05, 3.63) is 23.5 Å². The van der Waals surface area contributed by atoms with Crippen LogP contribution in [0.2, 0.25) is 5.15 Å². The minimum atomic E-state index is -0.831. The summed E-state index contributed by atoms with van der Waals surface area (Å²) in [5.41, 5.74) is -0.384. The molecule has 2 rings (SSSR count). The Morgan fingerprint density at radius 3 is 2.90 bits per heavy atom. The first-order valence-corrected chi connectivity index (χ1v) is 6.93. The molecule has 110 valence electrons. The number of aliphatic hydroxyl groups is 1. The summed E-state index contributed by atoms with van der Waals surface area (Å²) >= 11 is 5.85. The number of carbonyl (C=O) groups excluding carboxylic acids is 1. The van der Waals surface area contributed by atoms with Gasteiger partial charge in [0.05, 0.1) is 11.3 Å². The Morgan fingerprint density at radius 2 is 2.25 bits per heavy atom. The number of nitrogens with zero attached hydrogens (tertiary/aromatic N) is 2. The molecule has 7 heteroatoms. The van der Waals surface area contributed by atoms with Gasteiger partial charge >= 0.3 is 6.03 Å². The van der Waals surface area contributed by atoms with Crippen LogP contribution < -0.4 is 10.6 Å². The van der Waals surface area contributed by atoms with Crippen molar-refractivity contribution in [1.82, 2.24) is 15.2 Å². The van der Waals surface area contributed by atoms with Gasteiger partial charge in [-0.25, -0.2) is 9.78 Å².